The molecule has 5 heteroatoms. The van der Waals surface area contributed by atoms with Crippen molar-refractivity contribution in [1.82, 2.24) is 4.98 Å². The fourth-order valence-electron chi connectivity index (χ4n) is 1.73. The smallest absolute Gasteiger partial charge is 0.0795 e. The molecule has 0 amide bonds. The van der Waals surface area contributed by atoms with E-state index in [1.165, 1.54) is 0 Å². The lowest BCUT2D eigenvalue weighted by atomic mass is 10.1. The van der Waals surface area contributed by atoms with E-state index < -0.39 is 0 Å². The molecule has 0 atom stereocenters. The highest BCUT2D eigenvalue weighted by atomic mass is 79.9. The standard InChI is InChI=1S/C12H14BrN3S/c1-16(6-11-7-17-8-15-11)12-3-2-10(13)4-9(12)5-14/h2-4,7-8H,5-6,14H2,1H3. The number of halogens is 1. The molecule has 0 aliphatic carbocycles. The Balaban J connectivity index is 2.21. The number of benzene rings is 1. The van der Waals surface area contributed by atoms with Crippen molar-refractivity contribution in [1.29, 1.82) is 0 Å². The first-order valence-electron chi connectivity index (χ1n) is 5.27. The summed E-state index contributed by atoms with van der Waals surface area (Å²) < 4.78 is 1.06. The van der Waals surface area contributed by atoms with Crippen molar-refractivity contribution in [2.24, 2.45) is 5.73 Å². The van der Waals surface area contributed by atoms with E-state index >= 15 is 0 Å². The molecule has 0 bridgehead atoms. The number of rotatable bonds is 4. The summed E-state index contributed by atoms with van der Waals surface area (Å²) in [5, 5.41) is 2.07. The normalized spacial score (nSPS) is 10.5. The van der Waals surface area contributed by atoms with Crippen molar-refractivity contribution in [3.05, 3.63) is 44.8 Å². The van der Waals surface area contributed by atoms with Gasteiger partial charge in [0, 0.05) is 29.1 Å². The third-order valence-electron chi connectivity index (χ3n) is 2.56. The Morgan fingerprint density at radius 1 is 1.47 bits per heavy atom. The van der Waals surface area contributed by atoms with Gasteiger partial charge in [-0.05, 0) is 23.8 Å². The maximum absolute atomic E-state index is 5.77. The second-order valence-electron chi connectivity index (χ2n) is 3.81. The zero-order chi connectivity index (χ0) is 12.3. The molecule has 0 spiro atoms. The van der Waals surface area contributed by atoms with E-state index in [0.29, 0.717) is 6.54 Å². The fourth-order valence-corrected chi connectivity index (χ4v) is 2.69. The summed E-state index contributed by atoms with van der Waals surface area (Å²) in [4.78, 5) is 6.46. The van der Waals surface area contributed by atoms with Gasteiger partial charge < -0.3 is 10.6 Å². The molecular formula is C12H14BrN3S. The summed E-state index contributed by atoms with van der Waals surface area (Å²) in [6.07, 6.45) is 0. The van der Waals surface area contributed by atoms with Crippen LogP contribution in [0.1, 0.15) is 11.3 Å². The van der Waals surface area contributed by atoms with E-state index in [1.54, 1.807) is 11.3 Å². The van der Waals surface area contributed by atoms with Gasteiger partial charge in [0.1, 0.15) is 0 Å². The van der Waals surface area contributed by atoms with Gasteiger partial charge in [-0.1, -0.05) is 15.9 Å². The Bertz CT molecular complexity index is 485. The van der Waals surface area contributed by atoms with Crippen LogP contribution >= 0.6 is 27.3 Å². The van der Waals surface area contributed by atoms with Crippen molar-refractivity contribution in [3.63, 3.8) is 0 Å². The van der Waals surface area contributed by atoms with Gasteiger partial charge in [0.15, 0.2) is 0 Å². The molecule has 1 aromatic heterocycles. The molecule has 2 N–H and O–H groups in total. The Hall–Kier alpha value is -0.910. The summed E-state index contributed by atoms with van der Waals surface area (Å²) in [6, 6.07) is 6.18. The Labute approximate surface area is 113 Å². The SMILES string of the molecule is CN(Cc1cscn1)c1ccc(Br)cc1CN. The van der Waals surface area contributed by atoms with Gasteiger partial charge in [0.05, 0.1) is 17.7 Å². The van der Waals surface area contributed by atoms with Crippen molar-refractivity contribution < 1.29 is 0 Å². The first-order chi connectivity index (χ1) is 8.20. The summed E-state index contributed by atoms with van der Waals surface area (Å²) in [5.74, 6) is 0. The van der Waals surface area contributed by atoms with E-state index in [9.17, 15) is 0 Å². The highest BCUT2D eigenvalue weighted by molar-refractivity contribution is 9.10. The number of thiazole rings is 1. The van der Waals surface area contributed by atoms with E-state index in [0.717, 1.165) is 28.0 Å². The van der Waals surface area contributed by atoms with Crippen molar-refractivity contribution in [3.8, 4) is 0 Å². The maximum atomic E-state index is 5.77. The Kier molecular flexibility index (Phi) is 4.15. The van der Waals surface area contributed by atoms with Crippen LogP contribution in [0, 0.1) is 0 Å². The monoisotopic (exact) mass is 311 g/mol. The second kappa shape index (κ2) is 5.62. The number of anilines is 1. The van der Waals surface area contributed by atoms with Gasteiger partial charge in [-0.2, -0.15) is 0 Å². The fraction of sp³-hybridized carbons (Fsp3) is 0.250. The molecule has 0 unspecified atom stereocenters. The van der Waals surface area contributed by atoms with Gasteiger partial charge in [-0.25, -0.2) is 4.98 Å². The Morgan fingerprint density at radius 3 is 2.94 bits per heavy atom. The summed E-state index contributed by atoms with van der Waals surface area (Å²) in [5.41, 5.74) is 11.0. The molecule has 1 aromatic carbocycles. The predicted molar refractivity (Wildman–Crippen MR) is 76.3 cm³/mol. The van der Waals surface area contributed by atoms with Gasteiger partial charge in [-0.15, -0.1) is 11.3 Å². The minimum Gasteiger partial charge on any atom is -0.368 e. The molecule has 0 saturated carbocycles. The quantitative estimate of drug-likeness (QED) is 0.944. The van der Waals surface area contributed by atoms with Crippen LogP contribution in [0.25, 0.3) is 0 Å². The lowest BCUT2D eigenvalue weighted by Crippen LogP contribution is -2.19. The maximum Gasteiger partial charge on any atom is 0.0795 e. The number of aromatic nitrogens is 1. The molecule has 1 heterocycles. The third kappa shape index (κ3) is 3.06. The minimum absolute atomic E-state index is 0.538. The molecule has 0 radical (unpaired) electrons. The van der Waals surface area contributed by atoms with E-state index in [-0.39, 0.29) is 0 Å². The molecular weight excluding hydrogens is 298 g/mol. The van der Waals surface area contributed by atoms with E-state index in [4.69, 9.17) is 5.73 Å². The first kappa shape index (κ1) is 12.5. The van der Waals surface area contributed by atoms with Gasteiger partial charge >= 0.3 is 0 Å². The zero-order valence-electron chi connectivity index (χ0n) is 9.56. The zero-order valence-corrected chi connectivity index (χ0v) is 12.0. The summed E-state index contributed by atoms with van der Waals surface area (Å²) in [7, 11) is 2.06. The first-order valence-corrected chi connectivity index (χ1v) is 7.01. The Morgan fingerprint density at radius 2 is 2.29 bits per heavy atom. The molecule has 0 saturated heterocycles. The highest BCUT2D eigenvalue weighted by Crippen LogP contribution is 2.24. The average molecular weight is 312 g/mol. The van der Waals surface area contributed by atoms with Crippen LogP contribution in [0.15, 0.2) is 33.6 Å². The highest BCUT2D eigenvalue weighted by Gasteiger charge is 2.08. The van der Waals surface area contributed by atoms with Crippen LogP contribution < -0.4 is 10.6 Å². The van der Waals surface area contributed by atoms with Crippen LogP contribution in [0.4, 0.5) is 5.69 Å². The summed E-state index contributed by atoms with van der Waals surface area (Å²) >= 11 is 5.08. The van der Waals surface area contributed by atoms with Crippen LogP contribution in [0.3, 0.4) is 0 Å². The lowest BCUT2D eigenvalue weighted by molar-refractivity contribution is 0.880. The predicted octanol–water partition coefficient (Wildman–Crippen LogP) is 3.00. The van der Waals surface area contributed by atoms with E-state index in [1.807, 2.05) is 11.6 Å². The van der Waals surface area contributed by atoms with Crippen LogP contribution in [0.5, 0.6) is 0 Å². The lowest BCUT2D eigenvalue weighted by Gasteiger charge is -2.21. The van der Waals surface area contributed by atoms with Crippen molar-refractivity contribution >= 4 is 33.0 Å². The van der Waals surface area contributed by atoms with Crippen LogP contribution in [-0.4, -0.2) is 12.0 Å². The molecule has 0 aliphatic rings. The second-order valence-corrected chi connectivity index (χ2v) is 5.45. The minimum atomic E-state index is 0.538. The molecule has 2 aromatic rings. The van der Waals surface area contributed by atoms with Gasteiger partial charge in [0.2, 0.25) is 0 Å². The number of nitrogens with two attached hydrogens (primary N) is 1. The topological polar surface area (TPSA) is 42.2 Å². The molecule has 2 rings (SSSR count). The van der Waals surface area contributed by atoms with E-state index in [2.05, 4.69) is 50.4 Å². The number of hydrogen-bond acceptors (Lipinski definition) is 4. The molecule has 0 aliphatic heterocycles. The molecule has 0 fully saturated rings. The molecule has 90 valence electrons. The number of hydrogen-bond donors (Lipinski definition) is 1. The summed E-state index contributed by atoms with van der Waals surface area (Å²) in [6.45, 7) is 1.34. The van der Waals surface area contributed by atoms with Gasteiger partial charge in [-0.3, -0.25) is 0 Å². The van der Waals surface area contributed by atoms with Crippen LogP contribution in [0.2, 0.25) is 0 Å². The largest absolute Gasteiger partial charge is 0.368 e. The van der Waals surface area contributed by atoms with Crippen LogP contribution in [-0.2, 0) is 13.1 Å². The van der Waals surface area contributed by atoms with Crippen molar-refractivity contribution in [2.45, 2.75) is 13.1 Å². The molecule has 17 heavy (non-hydrogen) atoms. The van der Waals surface area contributed by atoms with Crippen molar-refractivity contribution in [2.75, 3.05) is 11.9 Å². The van der Waals surface area contributed by atoms with Gasteiger partial charge in [0.25, 0.3) is 0 Å². The molecule has 3 nitrogen and oxygen atoms in total. The average Bonchev–Trinajstić information content (AvgIpc) is 2.81. The number of nitrogens with zero attached hydrogens (tertiary/aromatic N) is 2. The third-order valence-corrected chi connectivity index (χ3v) is 3.68.